The summed E-state index contributed by atoms with van der Waals surface area (Å²) in [6, 6.07) is 4.14. The third kappa shape index (κ3) is 1.99. The van der Waals surface area contributed by atoms with Crippen LogP contribution in [0, 0.1) is 20.8 Å². The maximum atomic E-state index is 11.9. The topological polar surface area (TPSA) is 83.5 Å². The van der Waals surface area contributed by atoms with Crippen LogP contribution in [0.25, 0.3) is 22.6 Å². The average Bonchev–Trinajstić information content (AvgIpc) is 2.80. The molecule has 0 spiro atoms. The molecular weight excluding hydrogens is 268 g/mol. The molecule has 0 fully saturated rings. The van der Waals surface area contributed by atoms with Gasteiger partial charge in [-0.25, -0.2) is 9.78 Å². The van der Waals surface area contributed by atoms with Gasteiger partial charge in [0, 0.05) is 12.6 Å². The van der Waals surface area contributed by atoms with E-state index in [1.807, 2.05) is 20.8 Å². The summed E-state index contributed by atoms with van der Waals surface area (Å²) >= 11 is 0. The van der Waals surface area contributed by atoms with Crippen LogP contribution in [0.3, 0.4) is 0 Å². The molecule has 3 rings (SSSR count). The highest BCUT2D eigenvalue weighted by Crippen LogP contribution is 2.26. The van der Waals surface area contributed by atoms with Gasteiger partial charge in [-0.1, -0.05) is 17.7 Å². The van der Waals surface area contributed by atoms with Gasteiger partial charge >= 0.3 is 5.69 Å². The molecule has 6 nitrogen and oxygen atoms in total. The summed E-state index contributed by atoms with van der Waals surface area (Å²) in [6.07, 6.45) is 0. The van der Waals surface area contributed by atoms with Gasteiger partial charge in [-0.2, -0.15) is 0 Å². The lowest BCUT2D eigenvalue weighted by Gasteiger charge is -2.08. The second-order valence-electron chi connectivity index (χ2n) is 5.38. The van der Waals surface area contributed by atoms with Crippen LogP contribution in [-0.4, -0.2) is 19.5 Å². The number of aromatic nitrogens is 4. The Balaban J connectivity index is 2.38. The van der Waals surface area contributed by atoms with Gasteiger partial charge in [-0.15, -0.1) is 0 Å². The lowest BCUT2D eigenvalue weighted by atomic mass is 9.99. The molecule has 0 radical (unpaired) electrons. The van der Waals surface area contributed by atoms with Crippen LogP contribution in [0.15, 0.2) is 21.7 Å². The maximum absolute atomic E-state index is 11.9. The Bertz CT molecular complexity index is 952. The number of fused-ring (bicyclic) bond motifs is 1. The summed E-state index contributed by atoms with van der Waals surface area (Å²) in [6.45, 7) is 6.05. The van der Waals surface area contributed by atoms with Gasteiger partial charge in [0.15, 0.2) is 5.65 Å². The number of rotatable bonds is 1. The van der Waals surface area contributed by atoms with Crippen LogP contribution in [0.4, 0.5) is 0 Å². The molecule has 2 N–H and O–H groups in total. The zero-order valence-corrected chi connectivity index (χ0v) is 12.4. The summed E-state index contributed by atoms with van der Waals surface area (Å²) in [5, 5.41) is 0. The third-order valence-electron chi connectivity index (χ3n) is 3.67. The molecule has 0 atom stereocenters. The van der Waals surface area contributed by atoms with E-state index in [0.717, 1.165) is 16.7 Å². The Morgan fingerprint density at radius 3 is 2.29 bits per heavy atom. The predicted molar refractivity (Wildman–Crippen MR) is 81.6 cm³/mol. The van der Waals surface area contributed by atoms with E-state index in [1.165, 1.54) is 10.1 Å². The van der Waals surface area contributed by atoms with Crippen molar-refractivity contribution in [1.82, 2.24) is 19.5 Å². The van der Waals surface area contributed by atoms with Crippen molar-refractivity contribution in [1.29, 1.82) is 0 Å². The van der Waals surface area contributed by atoms with Gasteiger partial charge < -0.3 is 4.98 Å². The predicted octanol–water partition coefficient (Wildman–Crippen LogP) is 1.54. The highest BCUT2D eigenvalue weighted by Gasteiger charge is 2.15. The van der Waals surface area contributed by atoms with Gasteiger partial charge in [0.05, 0.1) is 0 Å². The first-order chi connectivity index (χ1) is 9.88. The normalized spacial score (nSPS) is 11.2. The van der Waals surface area contributed by atoms with Crippen molar-refractivity contribution < 1.29 is 0 Å². The summed E-state index contributed by atoms with van der Waals surface area (Å²) in [7, 11) is 1.58. The van der Waals surface area contributed by atoms with Crippen molar-refractivity contribution in [2.45, 2.75) is 20.8 Å². The van der Waals surface area contributed by atoms with E-state index < -0.39 is 11.2 Å². The van der Waals surface area contributed by atoms with Gasteiger partial charge in [-0.3, -0.25) is 14.3 Å². The lowest BCUT2D eigenvalue weighted by molar-refractivity contribution is 0.832. The van der Waals surface area contributed by atoms with Crippen molar-refractivity contribution in [3.8, 4) is 11.4 Å². The molecule has 3 aromatic rings. The van der Waals surface area contributed by atoms with E-state index in [-0.39, 0.29) is 0 Å². The molecule has 21 heavy (non-hydrogen) atoms. The minimum atomic E-state index is -0.470. The van der Waals surface area contributed by atoms with Crippen molar-refractivity contribution in [2.75, 3.05) is 0 Å². The van der Waals surface area contributed by atoms with Crippen LogP contribution in [-0.2, 0) is 7.05 Å². The van der Waals surface area contributed by atoms with E-state index in [1.54, 1.807) is 7.05 Å². The van der Waals surface area contributed by atoms with E-state index in [0.29, 0.717) is 17.0 Å². The van der Waals surface area contributed by atoms with Crippen LogP contribution in [0.1, 0.15) is 16.7 Å². The van der Waals surface area contributed by atoms with Crippen LogP contribution in [0.5, 0.6) is 0 Å². The molecule has 2 aromatic heterocycles. The first kappa shape index (κ1) is 13.4. The van der Waals surface area contributed by atoms with E-state index in [9.17, 15) is 9.59 Å². The Morgan fingerprint density at radius 2 is 1.67 bits per heavy atom. The first-order valence-electron chi connectivity index (χ1n) is 6.65. The zero-order chi connectivity index (χ0) is 15.3. The molecule has 0 amide bonds. The summed E-state index contributed by atoms with van der Waals surface area (Å²) in [4.78, 5) is 33.3. The average molecular weight is 284 g/mol. The molecule has 1 aromatic carbocycles. The van der Waals surface area contributed by atoms with Crippen molar-refractivity contribution in [2.24, 2.45) is 7.05 Å². The number of nitrogens with one attached hydrogen (secondary N) is 2. The summed E-state index contributed by atoms with van der Waals surface area (Å²) < 4.78 is 1.33. The van der Waals surface area contributed by atoms with E-state index in [2.05, 4.69) is 27.1 Å². The zero-order valence-electron chi connectivity index (χ0n) is 12.4. The number of benzene rings is 1. The summed E-state index contributed by atoms with van der Waals surface area (Å²) in [5.74, 6) is 0.603. The molecule has 0 aliphatic carbocycles. The molecular formula is C15H16N4O2. The van der Waals surface area contributed by atoms with Crippen molar-refractivity contribution in [3.05, 3.63) is 49.7 Å². The van der Waals surface area contributed by atoms with Crippen molar-refractivity contribution in [3.63, 3.8) is 0 Å². The van der Waals surface area contributed by atoms with Gasteiger partial charge in [0.25, 0.3) is 5.56 Å². The summed E-state index contributed by atoms with van der Waals surface area (Å²) in [5.41, 5.74) is 4.04. The van der Waals surface area contributed by atoms with Crippen LogP contribution in [0.2, 0.25) is 0 Å². The molecule has 0 saturated carbocycles. The number of aromatic amines is 2. The monoisotopic (exact) mass is 284 g/mol. The second-order valence-corrected chi connectivity index (χ2v) is 5.38. The quantitative estimate of drug-likeness (QED) is 0.711. The molecule has 0 unspecified atom stereocenters. The van der Waals surface area contributed by atoms with E-state index >= 15 is 0 Å². The second kappa shape index (κ2) is 4.44. The van der Waals surface area contributed by atoms with Gasteiger partial charge in [-0.05, 0) is 31.9 Å². The van der Waals surface area contributed by atoms with Crippen LogP contribution < -0.4 is 11.2 Å². The standard InChI is InChI=1S/C15H16N4O2/c1-7-5-8(2)10(9(3)6-7)12-16-11-13(17-12)19(4)15(21)18-14(11)20/h5-6H,1-4H3,(H,16,17)(H,18,20,21). The number of H-pyrrole nitrogens is 2. The fraction of sp³-hybridized carbons (Fsp3) is 0.267. The van der Waals surface area contributed by atoms with Gasteiger partial charge in [0.2, 0.25) is 0 Å². The fourth-order valence-corrected chi connectivity index (χ4v) is 2.78. The molecule has 6 heteroatoms. The number of hydrogen-bond donors (Lipinski definition) is 2. The highest BCUT2D eigenvalue weighted by molar-refractivity contribution is 5.77. The van der Waals surface area contributed by atoms with E-state index in [4.69, 9.17) is 0 Å². The SMILES string of the molecule is Cc1cc(C)c(-c2nc3c([nH]2)c(=O)[nH]c(=O)n3C)c(C)c1. The minimum absolute atomic E-state index is 0.312. The molecule has 0 bridgehead atoms. The Hall–Kier alpha value is -2.63. The maximum Gasteiger partial charge on any atom is 0.329 e. The Morgan fingerprint density at radius 1 is 1.05 bits per heavy atom. The van der Waals surface area contributed by atoms with Crippen molar-refractivity contribution >= 4 is 11.2 Å². The van der Waals surface area contributed by atoms with Crippen LogP contribution >= 0.6 is 0 Å². The number of aryl methyl sites for hydroxylation is 4. The van der Waals surface area contributed by atoms with Gasteiger partial charge in [0.1, 0.15) is 11.3 Å². The Labute approximate surface area is 120 Å². The first-order valence-corrected chi connectivity index (χ1v) is 6.65. The number of hydrogen-bond acceptors (Lipinski definition) is 3. The fourth-order valence-electron chi connectivity index (χ4n) is 2.78. The molecule has 2 heterocycles. The Kier molecular flexibility index (Phi) is 2.83. The molecule has 0 aliphatic heterocycles. The highest BCUT2D eigenvalue weighted by atomic mass is 16.2. The third-order valence-corrected chi connectivity index (χ3v) is 3.67. The minimum Gasteiger partial charge on any atom is -0.332 e. The number of nitrogens with zero attached hydrogens (tertiary/aromatic N) is 2. The molecule has 0 aliphatic rings. The molecule has 0 saturated heterocycles. The largest absolute Gasteiger partial charge is 0.332 e. The smallest absolute Gasteiger partial charge is 0.329 e. The molecule has 108 valence electrons. The number of imidazole rings is 1. The lowest BCUT2D eigenvalue weighted by Crippen LogP contribution is -2.28.